The van der Waals surface area contributed by atoms with E-state index in [1.807, 2.05) is 0 Å². The molecule has 0 spiro atoms. The van der Waals surface area contributed by atoms with E-state index in [0.717, 1.165) is 0 Å². The summed E-state index contributed by atoms with van der Waals surface area (Å²) in [6, 6.07) is 6.39. The fourth-order valence-corrected chi connectivity index (χ4v) is 2.18. The van der Waals surface area contributed by atoms with Crippen LogP contribution in [-0.2, 0) is 0 Å². The summed E-state index contributed by atoms with van der Waals surface area (Å²) >= 11 is 12.0. The standard InChI is InChI=1S/C14H12Cl2N2O3/c1-20-11-6-3-8(7-17-11)18-14(19)12-9(15)4-5-10(16)13(12)21-2/h3-7H,1-2H3,(H,18,19). The predicted molar refractivity (Wildman–Crippen MR) is 81.8 cm³/mol. The molecule has 0 unspecified atom stereocenters. The van der Waals surface area contributed by atoms with E-state index in [1.54, 1.807) is 18.2 Å². The number of hydrogen-bond donors (Lipinski definition) is 1. The molecule has 1 N–H and O–H groups in total. The zero-order valence-corrected chi connectivity index (χ0v) is 12.8. The molecule has 0 saturated heterocycles. The third-order valence-electron chi connectivity index (χ3n) is 2.69. The number of methoxy groups -OCH3 is 2. The van der Waals surface area contributed by atoms with Gasteiger partial charge in [-0.15, -0.1) is 0 Å². The average molecular weight is 327 g/mol. The zero-order valence-electron chi connectivity index (χ0n) is 11.3. The maximum atomic E-state index is 12.3. The van der Waals surface area contributed by atoms with Crippen molar-refractivity contribution < 1.29 is 14.3 Å². The topological polar surface area (TPSA) is 60.5 Å². The Bertz CT molecular complexity index is 660. The summed E-state index contributed by atoms with van der Waals surface area (Å²) < 4.78 is 10.1. The van der Waals surface area contributed by atoms with Crippen LogP contribution in [0.15, 0.2) is 30.5 Å². The van der Waals surface area contributed by atoms with Gasteiger partial charge in [-0.25, -0.2) is 4.98 Å². The molecule has 2 rings (SSSR count). The van der Waals surface area contributed by atoms with Gasteiger partial charge in [0.1, 0.15) is 5.56 Å². The van der Waals surface area contributed by atoms with Gasteiger partial charge in [0.05, 0.1) is 36.1 Å². The van der Waals surface area contributed by atoms with E-state index in [4.69, 9.17) is 32.7 Å². The molecule has 7 heteroatoms. The number of anilines is 1. The van der Waals surface area contributed by atoms with Crippen LogP contribution in [0.1, 0.15) is 10.4 Å². The van der Waals surface area contributed by atoms with Gasteiger partial charge in [-0.1, -0.05) is 23.2 Å². The van der Waals surface area contributed by atoms with Gasteiger partial charge in [0.15, 0.2) is 5.75 Å². The molecular weight excluding hydrogens is 315 g/mol. The zero-order chi connectivity index (χ0) is 15.4. The van der Waals surface area contributed by atoms with Crippen LogP contribution in [-0.4, -0.2) is 25.1 Å². The van der Waals surface area contributed by atoms with Crippen molar-refractivity contribution in [1.82, 2.24) is 4.98 Å². The summed E-state index contributed by atoms with van der Waals surface area (Å²) in [6.07, 6.45) is 1.47. The highest BCUT2D eigenvalue weighted by atomic mass is 35.5. The van der Waals surface area contributed by atoms with Crippen molar-refractivity contribution in [1.29, 1.82) is 0 Å². The quantitative estimate of drug-likeness (QED) is 0.931. The molecule has 1 amide bonds. The largest absolute Gasteiger partial charge is 0.494 e. The number of carbonyl (C=O) groups is 1. The van der Waals surface area contributed by atoms with E-state index in [-0.39, 0.29) is 16.3 Å². The van der Waals surface area contributed by atoms with Crippen molar-refractivity contribution in [3.05, 3.63) is 46.1 Å². The molecule has 21 heavy (non-hydrogen) atoms. The lowest BCUT2D eigenvalue weighted by atomic mass is 10.2. The summed E-state index contributed by atoms with van der Waals surface area (Å²) in [6.45, 7) is 0. The molecule has 0 aliphatic rings. The number of carbonyl (C=O) groups excluding carboxylic acids is 1. The van der Waals surface area contributed by atoms with Crippen molar-refractivity contribution in [3.63, 3.8) is 0 Å². The molecule has 0 radical (unpaired) electrons. The lowest BCUT2D eigenvalue weighted by Crippen LogP contribution is -2.14. The molecular formula is C14H12Cl2N2O3. The van der Waals surface area contributed by atoms with Crippen LogP contribution in [0, 0.1) is 0 Å². The van der Waals surface area contributed by atoms with Crippen LogP contribution in [0.4, 0.5) is 5.69 Å². The van der Waals surface area contributed by atoms with E-state index in [2.05, 4.69) is 10.3 Å². The van der Waals surface area contributed by atoms with E-state index >= 15 is 0 Å². The second kappa shape index (κ2) is 6.65. The first-order valence-electron chi connectivity index (χ1n) is 5.90. The average Bonchev–Trinajstić information content (AvgIpc) is 2.49. The highest BCUT2D eigenvalue weighted by molar-refractivity contribution is 6.37. The minimum Gasteiger partial charge on any atom is -0.494 e. The van der Waals surface area contributed by atoms with Crippen molar-refractivity contribution >= 4 is 34.8 Å². The second-order valence-corrected chi connectivity index (χ2v) is 4.80. The first-order valence-corrected chi connectivity index (χ1v) is 6.65. The fraction of sp³-hybridized carbons (Fsp3) is 0.143. The molecule has 0 atom stereocenters. The summed E-state index contributed by atoms with van der Waals surface area (Å²) in [5.41, 5.74) is 0.668. The van der Waals surface area contributed by atoms with E-state index in [0.29, 0.717) is 16.6 Å². The summed E-state index contributed by atoms with van der Waals surface area (Å²) in [4.78, 5) is 16.3. The highest BCUT2D eigenvalue weighted by Gasteiger charge is 2.19. The molecule has 2 aromatic rings. The van der Waals surface area contributed by atoms with Gasteiger partial charge in [-0.3, -0.25) is 4.79 Å². The number of amides is 1. The van der Waals surface area contributed by atoms with Crippen LogP contribution < -0.4 is 14.8 Å². The maximum absolute atomic E-state index is 12.3. The number of halogens is 2. The molecule has 1 aromatic heterocycles. The van der Waals surface area contributed by atoms with Crippen LogP contribution in [0.5, 0.6) is 11.6 Å². The third-order valence-corrected chi connectivity index (χ3v) is 3.31. The molecule has 0 aliphatic carbocycles. The molecule has 1 heterocycles. The Labute approximate surface area is 131 Å². The van der Waals surface area contributed by atoms with E-state index in [9.17, 15) is 4.79 Å². The lowest BCUT2D eigenvalue weighted by Gasteiger charge is -2.12. The van der Waals surface area contributed by atoms with Crippen LogP contribution in [0.2, 0.25) is 10.0 Å². The summed E-state index contributed by atoms with van der Waals surface area (Å²) in [5.74, 6) is 0.237. The van der Waals surface area contributed by atoms with Crippen LogP contribution >= 0.6 is 23.2 Å². The van der Waals surface area contributed by atoms with Gasteiger partial charge in [0, 0.05) is 6.07 Å². The van der Waals surface area contributed by atoms with Crippen molar-refractivity contribution in [2.75, 3.05) is 19.5 Å². The minimum atomic E-state index is -0.439. The van der Waals surface area contributed by atoms with Gasteiger partial charge in [0.25, 0.3) is 5.91 Å². The number of aromatic nitrogens is 1. The number of nitrogens with one attached hydrogen (secondary N) is 1. The molecule has 0 bridgehead atoms. The number of pyridine rings is 1. The van der Waals surface area contributed by atoms with Crippen molar-refractivity contribution in [3.8, 4) is 11.6 Å². The van der Waals surface area contributed by atoms with Gasteiger partial charge < -0.3 is 14.8 Å². The Balaban J connectivity index is 2.29. The number of nitrogens with zero attached hydrogens (tertiary/aromatic N) is 1. The normalized spacial score (nSPS) is 10.1. The SMILES string of the molecule is COc1ccc(NC(=O)c2c(Cl)ccc(Cl)c2OC)cn1. The Morgan fingerprint density at radius 2 is 1.81 bits per heavy atom. The van der Waals surface area contributed by atoms with Gasteiger partial charge in [-0.2, -0.15) is 0 Å². The molecule has 1 aromatic carbocycles. The van der Waals surface area contributed by atoms with Crippen molar-refractivity contribution in [2.45, 2.75) is 0 Å². The van der Waals surface area contributed by atoms with Crippen LogP contribution in [0.3, 0.4) is 0 Å². The molecule has 5 nitrogen and oxygen atoms in total. The first kappa shape index (κ1) is 15.4. The third kappa shape index (κ3) is 3.37. The van der Waals surface area contributed by atoms with Gasteiger partial charge in [0.2, 0.25) is 5.88 Å². The minimum absolute atomic E-state index is 0.169. The molecule has 0 aliphatic heterocycles. The van der Waals surface area contributed by atoms with E-state index in [1.165, 1.54) is 26.5 Å². The van der Waals surface area contributed by atoms with Gasteiger partial charge in [-0.05, 0) is 18.2 Å². The maximum Gasteiger partial charge on any atom is 0.261 e. The Kier molecular flexibility index (Phi) is 4.88. The van der Waals surface area contributed by atoms with E-state index < -0.39 is 5.91 Å². The Hall–Kier alpha value is -1.98. The fourth-order valence-electron chi connectivity index (χ4n) is 1.71. The molecule has 0 fully saturated rings. The number of hydrogen-bond acceptors (Lipinski definition) is 4. The van der Waals surface area contributed by atoms with Crippen molar-refractivity contribution in [2.24, 2.45) is 0 Å². The lowest BCUT2D eigenvalue weighted by molar-refractivity contribution is 0.102. The smallest absolute Gasteiger partial charge is 0.261 e. The number of ether oxygens (including phenoxy) is 2. The van der Waals surface area contributed by atoms with Gasteiger partial charge >= 0.3 is 0 Å². The second-order valence-electron chi connectivity index (χ2n) is 3.98. The number of benzene rings is 1. The highest BCUT2D eigenvalue weighted by Crippen LogP contribution is 2.34. The predicted octanol–water partition coefficient (Wildman–Crippen LogP) is 3.66. The van der Waals surface area contributed by atoms with Crippen LogP contribution in [0.25, 0.3) is 0 Å². The monoisotopic (exact) mass is 326 g/mol. The molecule has 0 saturated carbocycles. The first-order chi connectivity index (χ1) is 10.1. The Morgan fingerprint density at radius 1 is 1.10 bits per heavy atom. The summed E-state index contributed by atoms with van der Waals surface area (Å²) in [7, 11) is 2.93. The number of rotatable bonds is 4. The molecule has 110 valence electrons. The summed E-state index contributed by atoms with van der Waals surface area (Å²) in [5, 5.41) is 3.22. The Morgan fingerprint density at radius 3 is 2.38 bits per heavy atom.